The highest BCUT2D eigenvalue weighted by atomic mass is 35.5. The first-order valence-corrected chi connectivity index (χ1v) is 25.3. The van der Waals surface area contributed by atoms with E-state index in [1.165, 1.54) is 5.56 Å². The van der Waals surface area contributed by atoms with E-state index in [4.69, 9.17) is 30.0 Å². The number of ether oxygens (including phenoxy) is 2. The summed E-state index contributed by atoms with van der Waals surface area (Å²) in [5.41, 5.74) is 1.76. The van der Waals surface area contributed by atoms with Gasteiger partial charge in [-0.1, -0.05) is 95.5 Å². The van der Waals surface area contributed by atoms with Crippen molar-refractivity contribution in [2.75, 3.05) is 33.4 Å². The summed E-state index contributed by atoms with van der Waals surface area (Å²) >= 11 is 7.58. The number of unbranched alkanes of at least 4 members (excludes halogenated alkanes) is 2. The molecule has 0 bridgehead atoms. The summed E-state index contributed by atoms with van der Waals surface area (Å²) < 4.78 is 26.1. The van der Waals surface area contributed by atoms with Crippen LogP contribution in [0.25, 0.3) is 5.76 Å². The highest BCUT2D eigenvalue weighted by Gasteiger charge is 2.69. The third kappa shape index (κ3) is 7.71. The van der Waals surface area contributed by atoms with Gasteiger partial charge in [0.05, 0.1) is 24.8 Å². The van der Waals surface area contributed by atoms with Crippen LogP contribution in [0.4, 0.5) is 0 Å². The number of likely N-dealkylation sites (tertiary alicyclic amines) is 1. The van der Waals surface area contributed by atoms with Crippen molar-refractivity contribution in [1.82, 2.24) is 15.0 Å². The Labute approximate surface area is 362 Å². The van der Waals surface area contributed by atoms with E-state index in [9.17, 15) is 5.11 Å². The predicted octanol–water partition coefficient (Wildman–Crippen LogP) is 10.9. The molecule has 324 valence electrons. The van der Waals surface area contributed by atoms with Gasteiger partial charge in [0.15, 0.2) is 19.7 Å². The number of nitrogens with zero attached hydrogens (tertiary/aromatic N) is 3. The molecule has 2 aromatic carbocycles. The van der Waals surface area contributed by atoms with Crippen LogP contribution in [0.2, 0.25) is 23.2 Å². The zero-order valence-corrected chi connectivity index (χ0v) is 38.6. The topological polar surface area (TPSA) is 115 Å². The maximum Gasteiger partial charge on any atom is 0.265 e. The number of fused-ring (bicyclic) bond motifs is 4. The minimum atomic E-state index is -2.90. The van der Waals surface area contributed by atoms with Crippen LogP contribution < -0.4 is 9.47 Å². The average Bonchev–Trinajstić information content (AvgIpc) is 3.84. The van der Waals surface area contributed by atoms with E-state index in [0.717, 1.165) is 62.7 Å². The van der Waals surface area contributed by atoms with Crippen LogP contribution in [0.3, 0.4) is 0 Å². The quantitative estimate of drug-likeness (QED) is 0.0646. The molecule has 2 heterocycles. The number of hydrogen-bond acceptors (Lipinski definition) is 10. The molecule has 0 radical (unpaired) electrons. The van der Waals surface area contributed by atoms with Crippen LogP contribution in [0.15, 0.2) is 59.1 Å². The van der Waals surface area contributed by atoms with Crippen molar-refractivity contribution in [3.05, 3.63) is 93.2 Å². The second-order valence-corrected chi connectivity index (χ2v) is 23.9. The Morgan fingerprint density at radius 1 is 1.08 bits per heavy atom. The Morgan fingerprint density at radius 3 is 2.45 bits per heavy atom. The number of rotatable bonds is 16. The molecule has 0 spiro atoms. The first-order chi connectivity index (χ1) is 28.6. The average molecular weight is 859 g/mol. The van der Waals surface area contributed by atoms with Gasteiger partial charge >= 0.3 is 0 Å². The number of Topliss-reactive ketones (excluding diaryl/α,β-unsaturated/α-hetero) is 2. The molecule has 1 saturated heterocycles. The van der Waals surface area contributed by atoms with Crippen LogP contribution >= 0.6 is 11.6 Å². The molecule has 10 nitrogen and oxygen atoms in total. The highest BCUT2D eigenvalue weighted by Crippen LogP contribution is 2.60. The second kappa shape index (κ2) is 17.6. The minimum absolute atomic E-state index is 0.0502. The van der Waals surface area contributed by atoms with Crippen LogP contribution in [0, 0.1) is 11.8 Å². The fraction of sp³-hybridized carbons (Fsp3) is 0.562. The number of likely N-dealkylation sites (N-methyl/N-ethyl adjacent to an activating group) is 1. The molecule has 12 heteroatoms. The SMILES string of the molecule is C=CCN(C)[C@@H]1c2onc(OCCCC)c2C(=O)[C@@]2(O[Si](C)(C)C(C)(C)C)C(=O)C3=C(O)c4c(OCCCC)cc(C5CCCN5Cc5ccccc5)c(Cl)c4C[C@H]3C[C@@H]12. The highest BCUT2D eigenvalue weighted by molar-refractivity contribution is 6.74. The first kappa shape index (κ1) is 44.3. The molecule has 60 heavy (non-hydrogen) atoms. The number of carbonyl (C=O) groups is 2. The van der Waals surface area contributed by atoms with Gasteiger partial charge in [0.1, 0.15) is 17.1 Å². The van der Waals surface area contributed by atoms with E-state index >= 15 is 9.59 Å². The molecule has 1 unspecified atom stereocenters. The van der Waals surface area contributed by atoms with Crippen LogP contribution in [0.5, 0.6) is 11.6 Å². The fourth-order valence-corrected chi connectivity index (χ4v) is 11.5. The zero-order valence-electron chi connectivity index (χ0n) is 36.9. The van der Waals surface area contributed by atoms with Crippen molar-refractivity contribution in [2.45, 2.75) is 128 Å². The molecule has 4 aliphatic rings. The number of benzene rings is 2. The molecule has 0 amide bonds. The summed E-state index contributed by atoms with van der Waals surface area (Å²) in [6.45, 7) is 21.5. The van der Waals surface area contributed by atoms with E-state index in [1.807, 2.05) is 19.2 Å². The van der Waals surface area contributed by atoms with Gasteiger partial charge in [-0.3, -0.25) is 19.4 Å². The summed E-state index contributed by atoms with van der Waals surface area (Å²) in [6.07, 6.45) is 7.88. The molecule has 1 saturated carbocycles. The molecule has 3 aliphatic carbocycles. The third-order valence-electron chi connectivity index (χ3n) is 13.8. The number of ketones is 2. The van der Waals surface area contributed by atoms with Crippen molar-refractivity contribution in [2.24, 2.45) is 11.8 Å². The van der Waals surface area contributed by atoms with Gasteiger partial charge in [-0.05, 0) is 104 Å². The monoisotopic (exact) mass is 857 g/mol. The zero-order chi connectivity index (χ0) is 43.1. The molecule has 3 aromatic rings. The summed E-state index contributed by atoms with van der Waals surface area (Å²) in [6, 6.07) is 11.9. The van der Waals surface area contributed by atoms with E-state index in [1.54, 1.807) is 6.08 Å². The second-order valence-electron chi connectivity index (χ2n) is 18.8. The molecule has 1 aromatic heterocycles. The van der Waals surface area contributed by atoms with Crippen molar-refractivity contribution in [1.29, 1.82) is 0 Å². The lowest BCUT2D eigenvalue weighted by atomic mass is 9.57. The standard InChI is InChI=1S/C48H64ClN3O7Si/c1-10-13-24-56-36-28-32(35-21-18-23-52(35)29-30-19-16-15-17-20-30)40(49)33-26-31-27-34-41(51(7)22-12-3)43-39(46(50-58-43)57-25-14-11-2)45(55)48(34,59-60(8,9)47(4,5)6)44(54)37(31)42(53)38(33)36/h12,15-17,19-20,28,31,34-35,41,53H,3,10-11,13-14,18,21-27,29H2,1-2,4-9H3/t31-,34-,35?,41-,48-/m0/s1. The summed E-state index contributed by atoms with van der Waals surface area (Å²) in [5, 5.41) is 17.3. The van der Waals surface area contributed by atoms with E-state index in [2.05, 4.69) is 93.5 Å². The Bertz CT molecular complexity index is 2130. The smallest absolute Gasteiger partial charge is 0.265 e. The Morgan fingerprint density at radius 2 is 1.78 bits per heavy atom. The lowest BCUT2D eigenvalue weighted by Gasteiger charge is -2.55. The van der Waals surface area contributed by atoms with E-state index < -0.39 is 43.4 Å². The lowest BCUT2D eigenvalue weighted by molar-refractivity contribution is -0.140. The van der Waals surface area contributed by atoms with Crippen LogP contribution in [-0.4, -0.2) is 78.9 Å². The third-order valence-corrected chi connectivity index (χ3v) is 18.7. The van der Waals surface area contributed by atoms with Gasteiger partial charge in [-0.15, -0.1) is 6.58 Å². The molecule has 7 rings (SSSR count). The van der Waals surface area contributed by atoms with Crippen LogP contribution in [-0.2, 0) is 22.2 Å². The predicted molar refractivity (Wildman–Crippen MR) is 238 cm³/mol. The normalized spacial score (nSPS) is 24.3. The van der Waals surface area contributed by atoms with Crippen molar-refractivity contribution >= 4 is 37.2 Å². The summed E-state index contributed by atoms with van der Waals surface area (Å²) in [4.78, 5) is 36.1. The van der Waals surface area contributed by atoms with Gasteiger partial charge in [-0.25, -0.2) is 0 Å². The van der Waals surface area contributed by atoms with Gasteiger partial charge in [0.25, 0.3) is 5.88 Å². The van der Waals surface area contributed by atoms with Gasteiger partial charge < -0.3 is 23.5 Å². The van der Waals surface area contributed by atoms with Gasteiger partial charge in [-0.2, -0.15) is 0 Å². The minimum Gasteiger partial charge on any atom is -0.507 e. The fourth-order valence-electron chi connectivity index (χ4n) is 9.69. The van der Waals surface area contributed by atoms with E-state index in [0.29, 0.717) is 54.7 Å². The van der Waals surface area contributed by atoms with Crippen molar-refractivity contribution in [3.63, 3.8) is 0 Å². The maximum atomic E-state index is 16.0. The number of halogens is 1. The summed E-state index contributed by atoms with van der Waals surface area (Å²) in [7, 11) is -0.959. The first-order valence-electron chi connectivity index (χ1n) is 22.0. The molecule has 1 N–H and O–H groups in total. The molecule has 2 fully saturated rings. The Hall–Kier alpha value is -3.74. The van der Waals surface area contributed by atoms with Crippen LogP contribution in [0.1, 0.15) is 130 Å². The summed E-state index contributed by atoms with van der Waals surface area (Å²) in [5.74, 6) is -1.45. The lowest BCUT2D eigenvalue weighted by Crippen LogP contribution is -2.68. The number of aliphatic hydroxyl groups excluding tert-OH is 1. The molecule has 5 atom stereocenters. The van der Waals surface area contributed by atoms with Gasteiger partial charge in [0, 0.05) is 35.6 Å². The van der Waals surface area contributed by atoms with Crippen molar-refractivity contribution in [3.8, 4) is 11.6 Å². The molecular weight excluding hydrogens is 794 g/mol. The van der Waals surface area contributed by atoms with Gasteiger partial charge in [0.2, 0.25) is 11.6 Å². The maximum absolute atomic E-state index is 16.0. The molecular formula is C48H64ClN3O7Si. The van der Waals surface area contributed by atoms with Crippen molar-refractivity contribution < 1.29 is 33.1 Å². The number of aromatic nitrogens is 1. The number of hydrogen-bond donors (Lipinski definition) is 1. The Kier molecular flexibility index (Phi) is 13.0. The molecule has 1 aliphatic heterocycles. The number of carbonyl (C=O) groups excluding carboxylic acids is 2. The number of aliphatic hydroxyl groups is 1. The van der Waals surface area contributed by atoms with E-state index in [-0.39, 0.29) is 33.9 Å². The Balaban J connectivity index is 1.42. The largest absolute Gasteiger partial charge is 0.507 e.